The number of rotatable bonds is 3. The lowest BCUT2D eigenvalue weighted by molar-refractivity contribution is -0.275. The standard InChI is InChI=1S/C10H8F3N3O3/c1-2-18-9(17)6-3-5(4-14)7(15)8(16-6)19-10(11,12)13/h3H,2,15H2,1H3. The van der Waals surface area contributed by atoms with Crippen LogP contribution in [-0.2, 0) is 4.74 Å². The second kappa shape index (κ2) is 5.43. The van der Waals surface area contributed by atoms with Gasteiger partial charge >= 0.3 is 12.3 Å². The predicted octanol–water partition coefficient (Wildman–Crippen LogP) is 1.61. The number of nitrogens with zero attached hydrogens (tertiary/aromatic N) is 2. The molecule has 0 fully saturated rings. The monoisotopic (exact) mass is 275 g/mol. The Morgan fingerprint density at radius 3 is 2.68 bits per heavy atom. The van der Waals surface area contributed by atoms with E-state index in [1.54, 1.807) is 0 Å². The van der Waals surface area contributed by atoms with Crippen LogP contribution in [0.25, 0.3) is 0 Å². The van der Waals surface area contributed by atoms with Crippen LogP contribution in [0.3, 0.4) is 0 Å². The largest absolute Gasteiger partial charge is 0.574 e. The molecule has 0 aliphatic rings. The van der Waals surface area contributed by atoms with Gasteiger partial charge in [0.1, 0.15) is 11.8 Å². The molecule has 0 radical (unpaired) electrons. The van der Waals surface area contributed by atoms with Crippen LogP contribution < -0.4 is 10.5 Å². The molecule has 0 saturated heterocycles. The molecular weight excluding hydrogens is 267 g/mol. The van der Waals surface area contributed by atoms with Crippen LogP contribution in [-0.4, -0.2) is 23.9 Å². The van der Waals surface area contributed by atoms with Crippen LogP contribution in [0.5, 0.6) is 5.88 Å². The van der Waals surface area contributed by atoms with Crippen LogP contribution in [0.1, 0.15) is 23.0 Å². The number of carbonyl (C=O) groups is 1. The van der Waals surface area contributed by atoms with Crippen LogP contribution in [0.4, 0.5) is 18.9 Å². The summed E-state index contributed by atoms with van der Waals surface area (Å²) >= 11 is 0. The van der Waals surface area contributed by atoms with Crippen molar-refractivity contribution in [1.82, 2.24) is 4.98 Å². The Kier molecular flexibility index (Phi) is 4.16. The number of halogens is 3. The first-order valence-corrected chi connectivity index (χ1v) is 4.92. The average molecular weight is 275 g/mol. The van der Waals surface area contributed by atoms with Crippen LogP contribution in [0, 0.1) is 11.3 Å². The van der Waals surface area contributed by atoms with Crippen molar-refractivity contribution in [3.05, 3.63) is 17.3 Å². The highest BCUT2D eigenvalue weighted by Crippen LogP contribution is 2.29. The summed E-state index contributed by atoms with van der Waals surface area (Å²) in [4.78, 5) is 14.7. The fourth-order valence-corrected chi connectivity index (χ4v) is 1.12. The van der Waals surface area contributed by atoms with E-state index in [0.29, 0.717) is 0 Å². The number of nitrogen functional groups attached to an aromatic ring is 1. The Hall–Kier alpha value is -2.50. The zero-order valence-corrected chi connectivity index (χ0v) is 9.61. The number of alkyl halides is 3. The van der Waals surface area contributed by atoms with Gasteiger partial charge in [0.15, 0.2) is 5.69 Å². The van der Waals surface area contributed by atoms with Crippen molar-refractivity contribution in [1.29, 1.82) is 5.26 Å². The molecule has 0 aliphatic carbocycles. The Balaban J connectivity index is 3.27. The van der Waals surface area contributed by atoms with Crippen molar-refractivity contribution in [3.63, 3.8) is 0 Å². The molecule has 6 nitrogen and oxygen atoms in total. The third-order valence-electron chi connectivity index (χ3n) is 1.84. The first kappa shape index (κ1) is 14.6. The molecule has 1 rings (SSSR count). The molecule has 0 spiro atoms. The topological polar surface area (TPSA) is 98.2 Å². The molecule has 1 aromatic heterocycles. The average Bonchev–Trinajstić information content (AvgIpc) is 2.30. The summed E-state index contributed by atoms with van der Waals surface area (Å²) in [6.07, 6.45) is -5.04. The van der Waals surface area contributed by atoms with Gasteiger partial charge in [-0.05, 0) is 13.0 Å². The lowest BCUT2D eigenvalue weighted by Gasteiger charge is -2.12. The van der Waals surface area contributed by atoms with E-state index >= 15 is 0 Å². The second-order valence-electron chi connectivity index (χ2n) is 3.15. The van der Waals surface area contributed by atoms with E-state index in [1.165, 1.54) is 13.0 Å². The van der Waals surface area contributed by atoms with Crippen molar-refractivity contribution >= 4 is 11.7 Å². The number of hydrogen-bond acceptors (Lipinski definition) is 6. The highest BCUT2D eigenvalue weighted by Gasteiger charge is 2.34. The van der Waals surface area contributed by atoms with Gasteiger partial charge in [0, 0.05) is 0 Å². The summed E-state index contributed by atoms with van der Waals surface area (Å²) in [6.45, 7) is 1.51. The van der Waals surface area contributed by atoms with E-state index in [2.05, 4.69) is 14.5 Å². The minimum atomic E-state index is -5.04. The molecule has 102 valence electrons. The van der Waals surface area contributed by atoms with Gasteiger partial charge in [-0.2, -0.15) is 5.26 Å². The molecule has 0 bridgehead atoms. The first-order valence-electron chi connectivity index (χ1n) is 4.92. The molecule has 2 N–H and O–H groups in total. The maximum absolute atomic E-state index is 12.1. The molecule has 1 heterocycles. The lowest BCUT2D eigenvalue weighted by Crippen LogP contribution is -2.20. The summed E-state index contributed by atoms with van der Waals surface area (Å²) in [6, 6.07) is 2.47. The van der Waals surface area contributed by atoms with Gasteiger partial charge < -0.3 is 15.2 Å². The van der Waals surface area contributed by atoms with E-state index in [9.17, 15) is 18.0 Å². The van der Waals surface area contributed by atoms with Crippen molar-refractivity contribution in [2.75, 3.05) is 12.3 Å². The SMILES string of the molecule is CCOC(=O)c1cc(C#N)c(N)c(OC(F)(F)F)n1. The number of pyridine rings is 1. The van der Waals surface area contributed by atoms with E-state index in [1.807, 2.05) is 0 Å². The summed E-state index contributed by atoms with van der Waals surface area (Å²) in [7, 11) is 0. The first-order chi connectivity index (χ1) is 8.78. The number of carbonyl (C=O) groups excluding carboxylic acids is 1. The summed E-state index contributed by atoms with van der Waals surface area (Å²) in [5.74, 6) is -2.04. The summed E-state index contributed by atoms with van der Waals surface area (Å²) < 4.78 is 44.5. The number of anilines is 1. The third kappa shape index (κ3) is 3.74. The normalized spacial score (nSPS) is 10.7. The molecule has 0 unspecified atom stereocenters. The molecule has 0 aliphatic heterocycles. The molecule has 0 atom stereocenters. The van der Waals surface area contributed by atoms with Gasteiger partial charge in [-0.3, -0.25) is 0 Å². The van der Waals surface area contributed by atoms with Gasteiger partial charge in [0.05, 0.1) is 12.2 Å². The number of esters is 1. The Morgan fingerprint density at radius 1 is 1.58 bits per heavy atom. The van der Waals surface area contributed by atoms with E-state index < -0.39 is 29.6 Å². The van der Waals surface area contributed by atoms with E-state index in [4.69, 9.17) is 11.0 Å². The van der Waals surface area contributed by atoms with Crippen molar-refractivity contribution < 1.29 is 27.4 Å². The highest BCUT2D eigenvalue weighted by atomic mass is 19.4. The summed E-state index contributed by atoms with van der Waals surface area (Å²) in [5, 5.41) is 8.73. The number of aromatic nitrogens is 1. The predicted molar refractivity (Wildman–Crippen MR) is 56.0 cm³/mol. The van der Waals surface area contributed by atoms with Gasteiger partial charge in [-0.25, -0.2) is 9.78 Å². The van der Waals surface area contributed by atoms with Crippen molar-refractivity contribution in [3.8, 4) is 11.9 Å². The zero-order valence-electron chi connectivity index (χ0n) is 9.61. The molecule has 9 heteroatoms. The minimum absolute atomic E-state index is 0.00222. The minimum Gasteiger partial charge on any atom is -0.461 e. The molecule has 0 amide bonds. The van der Waals surface area contributed by atoms with Gasteiger partial charge in [0.25, 0.3) is 0 Å². The maximum atomic E-state index is 12.1. The molecule has 19 heavy (non-hydrogen) atoms. The Labute approximate surface area is 105 Å². The van der Waals surface area contributed by atoms with Crippen LogP contribution >= 0.6 is 0 Å². The smallest absolute Gasteiger partial charge is 0.461 e. The number of nitriles is 1. The van der Waals surface area contributed by atoms with E-state index in [0.717, 1.165) is 6.07 Å². The molecular formula is C10H8F3N3O3. The lowest BCUT2D eigenvalue weighted by atomic mass is 10.2. The van der Waals surface area contributed by atoms with Crippen LogP contribution in [0.15, 0.2) is 6.07 Å². The number of nitrogens with two attached hydrogens (primary N) is 1. The van der Waals surface area contributed by atoms with Gasteiger partial charge in [-0.1, -0.05) is 0 Å². The van der Waals surface area contributed by atoms with Crippen molar-refractivity contribution in [2.24, 2.45) is 0 Å². The quantitative estimate of drug-likeness (QED) is 0.841. The zero-order chi connectivity index (χ0) is 14.6. The Morgan fingerprint density at radius 2 is 2.21 bits per heavy atom. The maximum Gasteiger partial charge on any atom is 0.574 e. The highest BCUT2D eigenvalue weighted by molar-refractivity contribution is 5.88. The molecule has 0 saturated carbocycles. The van der Waals surface area contributed by atoms with Crippen LogP contribution in [0.2, 0.25) is 0 Å². The fourth-order valence-electron chi connectivity index (χ4n) is 1.12. The number of hydrogen-bond donors (Lipinski definition) is 1. The van der Waals surface area contributed by atoms with Gasteiger partial charge in [0.2, 0.25) is 5.88 Å². The second-order valence-corrected chi connectivity index (χ2v) is 3.15. The summed E-state index contributed by atoms with van der Waals surface area (Å²) in [5.41, 5.74) is 3.82. The molecule has 1 aromatic rings. The fraction of sp³-hybridized carbons (Fsp3) is 0.300. The Bertz CT molecular complexity index is 537. The van der Waals surface area contributed by atoms with Gasteiger partial charge in [-0.15, -0.1) is 13.2 Å². The third-order valence-corrected chi connectivity index (χ3v) is 1.84. The van der Waals surface area contributed by atoms with Crippen molar-refractivity contribution in [2.45, 2.75) is 13.3 Å². The molecule has 0 aromatic carbocycles. The number of ether oxygens (including phenoxy) is 2. The van der Waals surface area contributed by atoms with E-state index in [-0.39, 0.29) is 12.2 Å².